The summed E-state index contributed by atoms with van der Waals surface area (Å²) in [6.45, 7) is 0. The van der Waals surface area contributed by atoms with Crippen LogP contribution in [-0.4, -0.2) is 17.2 Å². The number of aliphatic carboxylic acids is 1. The van der Waals surface area contributed by atoms with Crippen LogP contribution in [0.4, 0.5) is 0 Å². The Morgan fingerprint density at radius 1 is 1.00 bits per heavy atom. The van der Waals surface area contributed by atoms with E-state index in [2.05, 4.69) is 0 Å². The lowest BCUT2D eigenvalue weighted by atomic mass is 10.1. The monoisotopic (exact) mass is 338 g/mol. The third-order valence-corrected chi connectivity index (χ3v) is 3.72. The summed E-state index contributed by atoms with van der Waals surface area (Å²) in [5.41, 5.74) is 1.13. The Labute approximate surface area is 139 Å². The first-order valence-electron chi connectivity index (χ1n) is 6.94. The first-order valence-corrected chi connectivity index (χ1v) is 7.69. The second-order valence-corrected chi connectivity index (χ2v) is 5.79. The van der Waals surface area contributed by atoms with E-state index in [9.17, 15) is 9.90 Å². The maximum atomic E-state index is 11.3. The van der Waals surface area contributed by atoms with Gasteiger partial charge in [0, 0.05) is 10.0 Å². The third-order valence-electron chi connectivity index (χ3n) is 3.21. The molecule has 0 saturated heterocycles. The second kappa shape index (κ2) is 8.06. The minimum atomic E-state index is -0.967. The molecule has 0 bridgehead atoms. The summed E-state index contributed by atoms with van der Waals surface area (Å²) in [6, 6.07) is 14.2. The van der Waals surface area contributed by atoms with Gasteiger partial charge in [0.05, 0.1) is 0 Å². The summed E-state index contributed by atoms with van der Waals surface area (Å²) in [7, 11) is 0. The number of benzene rings is 2. The fourth-order valence-corrected chi connectivity index (χ4v) is 2.30. The molecule has 0 aliphatic rings. The molecule has 0 heterocycles. The number of carboxylic acid groups (broad SMARTS) is 1. The Bertz CT molecular complexity index is 609. The summed E-state index contributed by atoms with van der Waals surface area (Å²) in [4.78, 5) is 11.3. The molecule has 5 heteroatoms. The normalized spacial score (nSPS) is 11.9. The van der Waals surface area contributed by atoms with E-state index in [-0.39, 0.29) is 0 Å². The van der Waals surface area contributed by atoms with Gasteiger partial charge in [-0.1, -0.05) is 35.3 Å². The van der Waals surface area contributed by atoms with Gasteiger partial charge in [-0.2, -0.15) is 0 Å². The molecule has 1 atom stereocenters. The van der Waals surface area contributed by atoms with Crippen molar-refractivity contribution in [1.29, 1.82) is 0 Å². The molecular weight excluding hydrogens is 323 g/mol. The van der Waals surface area contributed by atoms with Gasteiger partial charge in [-0.25, -0.2) is 4.79 Å². The van der Waals surface area contributed by atoms with Gasteiger partial charge in [0.2, 0.25) is 0 Å². The molecule has 0 amide bonds. The molecule has 0 radical (unpaired) electrons. The Morgan fingerprint density at radius 2 is 1.55 bits per heavy atom. The highest BCUT2D eigenvalue weighted by Gasteiger charge is 2.19. The topological polar surface area (TPSA) is 46.5 Å². The highest BCUT2D eigenvalue weighted by atomic mass is 35.5. The van der Waals surface area contributed by atoms with Crippen LogP contribution in [0.1, 0.15) is 18.4 Å². The van der Waals surface area contributed by atoms with Crippen LogP contribution in [-0.2, 0) is 11.2 Å². The fraction of sp³-hybridized carbons (Fsp3) is 0.235. The maximum Gasteiger partial charge on any atom is 0.344 e. The molecule has 2 aromatic carbocycles. The molecule has 0 aromatic heterocycles. The zero-order valence-corrected chi connectivity index (χ0v) is 13.3. The van der Waals surface area contributed by atoms with Crippen LogP contribution in [0.15, 0.2) is 48.5 Å². The minimum Gasteiger partial charge on any atom is -0.479 e. The van der Waals surface area contributed by atoms with Crippen molar-refractivity contribution in [2.45, 2.75) is 25.4 Å². The number of halogens is 2. The summed E-state index contributed by atoms with van der Waals surface area (Å²) < 4.78 is 5.51. The van der Waals surface area contributed by atoms with E-state index in [1.54, 1.807) is 24.3 Å². The van der Waals surface area contributed by atoms with Crippen molar-refractivity contribution >= 4 is 29.2 Å². The van der Waals surface area contributed by atoms with Gasteiger partial charge in [-0.05, 0) is 61.2 Å². The summed E-state index contributed by atoms with van der Waals surface area (Å²) >= 11 is 11.6. The van der Waals surface area contributed by atoms with Gasteiger partial charge in [-0.15, -0.1) is 0 Å². The SMILES string of the molecule is O=C(O)[C@H](CCCc1ccc(Cl)cc1)Oc1ccc(Cl)cc1. The smallest absolute Gasteiger partial charge is 0.344 e. The van der Waals surface area contributed by atoms with Gasteiger partial charge in [0.1, 0.15) is 5.75 Å². The number of rotatable bonds is 7. The van der Waals surface area contributed by atoms with Gasteiger partial charge in [-0.3, -0.25) is 0 Å². The van der Waals surface area contributed by atoms with Crippen LogP contribution >= 0.6 is 23.2 Å². The molecular formula is C17H16Cl2O3. The van der Waals surface area contributed by atoms with Gasteiger partial charge >= 0.3 is 5.97 Å². The van der Waals surface area contributed by atoms with E-state index in [1.807, 2.05) is 24.3 Å². The van der Waals surface area contributed by atoms with Crippen molar-refractivity contribution in [3.63, 3.8) is 0 Å². The lowest BCUT2D eigenvalue weighted by Gasteiger charge is -2.15. The number of hydrogen-bond donors (Lipinski definition) is 1. The highest BCUT2D eigenvalue weighted by Crippen LogP contribution is 2.19. The zero-order valence-electron chi connectivity index (χ0n) is 11.8. The van der Waals surface area contributed by atoms with E-state index in [4.69, 9.17) is 27.9 Å². The molecule has 0 aliphatic heterocycles. The van der Waals surface area contributed by atoms with Crippen molar-refractivity contribution in [3.8, 4) is 5.75 Å². The Balaban J connectivity index is 1.87. The Kier molecular flexibility index (Phi) is 6.10. The van der Waals surface area contributed by atoms with Crippen molar-refractivity contribution in [3.05, 3.63) is 64.1 Å². The zero-order chi connectivity index (χ0) is 15.9. The first kappa shape index (κ1) is 16.7. The lowest BCUT2D eigenvalue weighted by Crippen LogP contribution is -2.27. The number of aryl methyl sites for hydroxylation is 1. The Morgan fingerprint density at radius 3 is 2.09 bits per heavy atom. The summed E-state index contributed by atoms with van der Waals surface area (Å²) in [5.74, 6) is -0.464. The Hall–Kier alpha value is -1.71. The van der Waals surface area contributed by atoms with Crippen molar-refractivity contribution < 1.29 is 14.6 Å². The molecule has 0 aliphatic carbocycles. The standard InChI is InChI=1S/C17H16Cl2O3/c18-13-6-4-12(5-7-13)2-1-3-16(17(20)21)22-15-10-8-14(19)9-11-15/h4-11,16H,1-3H2,(H,20,21)/t16-/m0/s1. The molecule has 0 fully saturated rings. The maximum absolute atomic E-state index is 11.3. The van der Waals surface area contributed by atoms with Crippen LogP contribution in [0, 0.1) is 0 Å². The second-order valence-electron chi connectivity index (χ2n) is 4.92. The molecule has 0 spiro atoms. The predicted octanol–water partition coefficient (Wildman–Crippen LogP) is 4.85. The number of carbonyl (C=O) groups is 1. The first-order chi connectivity index (χ1) is 10.5. The molecule has 116 valence electrons. The number of carboxylic acids is 1. The average Bonchev–Trinajstić information content (AvgIpc) is 2.50. The largest absolute Gasteiger partial charge is 0.479 e. The number of hydrogen-bond acceptors (Lipinski definition) is 2. The van der Waals surface area contributed by atoms with Gasteiger partial charge < -0.3 is 9.84 Å². The van der Waals surface area contributed by atoms with Crippen molar-refractivity contribution in [1.82, 2.24) is 0 Å². The quantitative estimate of drug-likeness (QED) is 0.784. The van der Waals surface area contributed by atoms with Gasteiger partial charge in [0.25, 0.3) is 0 Å². The van der Waals surface area contributed by atoms with Crippen molar-refractivity contribution in [2.75, 3.05) is 0 Å². The van der Waals surface area contributed by atoms with Crippen molar-refractivity contribution in [2.24, 2.45) is 0 Å². The van der Waals surface area contributed by atoms with Crippen LogP contribution in [0.25, 0.3) is 0 Å². The van der Waals surface area contributed by atoms with Crippen LogP contribution in [0.5, 0.6) is 5.75 Å². The van der Waals surface area contributed by atoms with E-state index in [0.717, 1.165) is 12.0 Å². The van der Waals surface area contributed by atoms with Gasteiger partial charge in [0.15, 0.2) is 6.10 Å². The molecule has 3 nitrogen and oxygen atoms in total. The van der Waals surface area contributed by atoms with E-state index in [1.165, 1.54) is 0 Å². The average molecular weight is 339 g/mol. The van der Waals surface area contributed by atoms with Crippen LogP contribution < -0.4 is 4.74 Å². The highest BCUT2D eigenvalue weighted by molar-refractivity contribution is 6.30. The fourth-order valence-electron chi connectivity index (χ4n) is 2.05. The summed E-state index contributed by atoms with van der Waals surface area (Å²) in [5, 5.41) is 10.5. The number of ether oxygens (including phenoxy) is 1. The molecule has 22 heavy (non-hydrogen) atoms. The molecule has 0 unspecified atom stereocenters. The predicted molar refractivity (Wildman–Crippen MR) is 87.9 cm³/mol. The molecule has 2 aromatic rings. The van der Waals surface area contributed by atoms with Crippen LogP contribution in [0.2, 0.25) is 10.0 Å². The molecule has 2 rings (SSSR count). The lowest BCUT2D eigenvalue weighted by molar-refractivity contribution is -0.145. The third kappa shape index (κ3) is 5.24. The van der Waals surface area contributed by atoms with Crippen LogP contribution in [0.3, 0.4) is 0 Å². The summed E-state index contributed by atoms with van der Waals surface area (Å²) in [6.07, 6.45) is 1.06. The minimum absolute atomic E-state index is 0.431. The van der Waals surface area contributed by atoms with E-state index < -0.39 is 12.1 Å². The molecule has 0 saturated carbocycles. The van der Waals surface area contributed by atoms with E-state index in [0.29, 0.717) is 28.6 Å². The van der Waals surface area contributed by atoms with E-state index >= 15 is 0 Å². The molecule has 1 N–H and O–H groups in total.